The Morgan fingerprint density at radius 3 is 2.31 bits per heavy atom. The Morgan fingerprint density at radius 2 is 1.77 bits per heavy atom. The van der Waals surface area contributed by atoms with Gasteiger partial charge in [-0.1, -0.05) is 19.3 Å². The average molecular weight is 484 g/mol. The van der Waals surface area contributed by atoms with Crippen LogP contribution in [0.15, 0.2) is 18.2 Å². The first-order valence-corrected chi connectivity index (χ1v) is 12.3. The molecule has 0 atom stereocenters. The van der Waals surface area contributed by atoms with Crippen molar-refractivity contribution < 1.29 is 23.9 Å². The molecule has 2 aliphatic carbocycles. The van der Waals surface area contributed by atoms with Crippen LogP contribution in [0.4, 0.5) is 10.1 Å². The molecule has 2 aliphatic rings. The highest BCUT2D eigenvalue weighted by Gasteiger charge is 2.49. The van der Waals surface area contributed by atoms with Crippen molar-refractivity contribution in [2.24, 2.45) is 12.8 Å². The molecule has 1 heterocycles. The molecular formula is C27H34FN3O4. The number of aliphatic hydroxyl groups is 1. The summed E-state index contributed by atoms with van der Waals surface area (Å²) < 4.78 is 15.7. The number of carbonyl (C=O) groups excluding carboxylic acids is 3. The first kappa shape index (κ1) is 25.1. The topological polar surface area (TPSA) is 106 Å². The SMILES string of the molecule is Cc1cc(N(C(=O)C(=O)c2c(C)c(C(N)=O)c(C3CCCCC3)n2C)C2(C)CC(O)C2)ccc1F. The van der Waals surface area contributed by atoms with E-state index in [0.29, 0.717) is 35.2 Å². The molecule has 0 spiro atoms. The third kappa shape index (κ3) is 4.29. The Labute approximate surface area is 205 Å². The van der Waals surface area contributed by atoms with E-state index in [-0.39, 0.29) is 11.6 Å². The Balaban J connectivity index is 1.80. The third-order valence-electron chi connectivity index (χ3n) is 7.82. The summed E-state index contributed by atoms with van der Waals surface area (Å²) in [5, 5.41) is 10.0. The standard InChI is InChI=1S/C27H34FN3O4/c1-15-12-18(10-11-20(15)28)31(27(3)13-19(32)14-27)26(35)24(33)22-16(2)21(25(29)34)23(30(22)4)17-8-6-5-7-9-17/h10-12,17,19,32H,5-9,13-14H2,1-4H3,(H2,29,34). The lowest BCUT2D eigenvalue weighted by Gasteiger charge is -2.50. The molecule has 2 fully saturated rings. The first-order valence-electron chi connectivity index (χ1n) is 12.3. The second kappa shape index (κ2) is 9.22. The van der Waals surface area contributed by atoms with Gasteiger partial charge in [-0.25, -0.2) is 4.39 Å². The van der Waals surface area contributed by atoms with E-state index >= 15 is 0 Å². The van der Waals surface area contributed by atoms with Crippen molar-refractivity contribution >= 4 is 23.3 Å². The normalized spacial score (nSPS) is 22.5. The van der Waals surface area contributed by atoms with Crippen LogP contribution in [0.5, 0.6) is 0 Å². The number of nitrogens with two attached hydrogens (primary N) is 1. The van der Waals surface area contributed by atoms with E-state index in [4.69, 9.17) is 5.73 Å². The number of amides is 2. The molecule has 0 aliphatic heterocycles. The molecule has 4 rings (SSSR count). The molecule has 0 unspecified atom stereocenters. The number of aromatic nitrogens is 1. The zero-order valence-electron chi connectivity index (χ0n) is 20.9. The number of anilines is 1. The molecule has 7 nitrogen and oxygen atoms in total. The summed E-state index contributed by atoms with van der Waals surface area (Å²) in [7, 11) is 1.71. The maximum Gasteiger partial charge on any atom is 0.301 e. The van der Waals surface area contributed by atoms with Crippen LogP contribution in [0.1, 0.15) is 95.5 Å². The molecule has 35 heavy (non-hydrogen) atoms. The number of benzene rings is 1. The Morgan fingerprint density at radius 1 is 1.14 bits per heavy atom. The number of ketones is 1. The van der Waals surface area contributed by atoms with Gasteiger partial charge in [0.15, 0.2) is 0 Å². The zero-order valence-corrected chi connectivity index (χ0v) is 20.9. The van der Waals surface area contributed by atoms with E-state index < -0.39 is 35.1 Å². The number of hydrogen-bond acceptors (Lipinski definition) is 4. The van der Waals surface area contributed by atoms with Crippen LogP contribution in [0.2, 0.25) is 0 Å². The summed E-state index contributed by atoms with van der Waals surface area (Å²) in [6.07, 6.45) is 5.02. The van der Waals surface area contributed by atoms with Crippen LogP contribution in [0.3, 0.4) is 0 Å². The van der Waals surface area contributed by atoms with E-state index in [0.717, 1.165) is 37.8 Å². The zero-order chi connectivity index (χ0) is 25.7. The number of halogens is 1. The number of aliphatic hydroxyl groups excluding tert-OH is 1. The number of carbonyl (C=O) groups is 3. The van der Waals surface area contributed by atoms with E-state index in [2.05, 4.69) is 0 Å². The van der Waals surface area contributed by atoms with Crippen LogP contribution in [0.25, 0.3) is 0 Å². The fourth-order valence-corrected chi connectivity index (χ4v) is 6.12. The van der Waals surface area contributed by atoms with E-state index in [1.54, 1.807) is 25.5 Å². The molecule has 3 N–H and O–H groups in total. The van der Waals surface area contributed by atoms with Crippen molar-refractivity contribution in [3.8, 4) is 0 Å². The van der Waals surface area contributed by atoms with Gasteiger partial charge >= 0.3 is 5.91 Å². The van der Waals surface area contributed by atoms with Gasteiger partial charge in [0.25, 0.3) is 11.7 Å². The van der Waals surface area contributed by atoms with Crippen molar-refractivity contribution in [3.05, 3.63) is 52.1 Å². The quantitative estimate of drug-likeness (QED) is 0.477. The second-order valence-electron chi connectivity index (χ2n) is 10.5. The van der Waals surface area contributed by atoms with Crippen molar-refractivity contribution in [2.75, 3.05) is 4.90 Å². The van der Waals surface area contributed by atoms with Gasteiger partial charge in [-0.3, -0.25) is 19.3 Å². The maximum atomic E-state index is 14.0. The Hall–Kier alpha value is -3.00. The number of hydrogen-bond donors (Lipinski definition) is 2. The van der Waals surface area contributed by atoms with Crippen molar-refractivity contribution in [1.82, 2.24) is 4.57 Å². The van der Waals surface area contributed by atoms with Crippen molar-refractivity contribution in [1.29, 1.82) is 0 Å². The lowest BCUT2D eigenvalue weighted by Crippen LogP contribution is -2.61. The predicted molar refractivity (Wildman–Crippen MR) is 131 cm³/mol. The fourth-order valence-electron chi connectivity index (χ4n) is 6.12. The number of nitrogens with zero attached hydrogens (tertiary/aromatic N) is 2. The minimum absolute atomic E-state index is 0.0988. The molecule has 2 aromatic rings. The molecule has 0 bridgehead atoms. The fraction of sp³-hybridized carbons (Fsp3) is 0.519. The van der Waals surface area contributed by atoms with Crippen molar-refractivity contribution in [3.63, 3.8) is 0 Å². The first-order chi connectivity index (χ1) is 16.5. The maximum absolute atomic E-state index is 14.0. The number of rotatable bonds is 6. The Kier molecular flexibility index (Phi) is 6.62. The second-order valence-corrected chi connectivity index (χ2v) is 10.5. The summed E-state index contributed by atoms with van der Waals surface area (Å²) >= 11 is 0. The minimum Gasteiger partial charge on any atom is -0.393 e. The van der Waals surface area contributed by atoms with Gasteiger partial charge in [0.2, 0.25) is 0 Å². The van der Waals surface area contributed by atoms with Crippen LogP contribution in [-0.2, 0) is 11.8 Å². The number of aryl methyl sites for hydroxylation is 1. The van der Waals surface area contributed by atoms with E-state index in [9.17, 15) is 23.9 Å². The molecular weight excluding hydrogens is 449 g/mol. The molecule has 1 aromatic heterocycles. The molecule has 2 amide bonds. The summed E-state index contributed by atoms with van der Waals surface area (Å²) in [6.45, 7) is 5.07. The van der Waals surface area contributed by atoms with Crippen LogP contribution < -0.4 is 10.6 Å². The third-order valence-corrected chi connectivity index (χ3v) is 7.82. The summed E-state index contributed by atoms with van der Waals surface area (Å²) in [5.41, 5.74) is 7.31. The largest absolute Gasteiger partial charge is 0.393 e. The molecule has 188 valence electrons. The highest BCUT2D eigenvalue weighted by molar-refractivity contribution is 6.47. The van der Waals surface area contributed by atoms with E-state index in [1.807, 2.05) is 6.92 Å². The minimum atomic E-state index is -0.797. The summed E-state index contributed by atoms with van der Waals surface area (Å²) in [5.74, 6) is -2.45. The lowest BCUT2D eigenvalue weighted by molar-refractivity contribution is -0.117. The lowest BCUT2D eigenvalue weighted by atomic mass is 9.74. The van der Waals surface area contributed by atoms with Gasteiger partial charge in [-0.2, -0.15) is 0 Å². The van der Waals surface area contributed by atoms with Gasteiger partial charge in [-0.15, -0.1) is 0 Å². The van der Waals surface area contributed by atoms with Gasteiger partial charge in [-0.05, 0) is 75.8 Å². The monoisotopic (exact) mass is 483 g/mol. The van der Waals surface area contributed by atoms with Gasteiger partial charge in [0, 0.05) is 24.3 Å². The van der Waals surface area contributed by atoms with Crippen LogP contribution in [0, 0.1) is 19.7 Å². The average Bonchev–Trinajstić information content (AvgIpc) is 3.05. The van der Waals surface area contributed by atoms with Crippen LogP contribution in [-0.4, -0.2) is 38.9 Å². The molecule has 2 saturated carbocycles. The molecule has 0 saturated heterocycles. The summed E-state index contributed by atoms with van der Waals surface area (Å²) in [4.78, 5) is 41.5. The van der Waals surface area contributed by atoms with Gasteiger partial charge in [0.05, 0.1) is 22.9 Å². The van der Waals surface area contributed by atoms with Gasteiger partial charge < -0.3 is 15.4 Å². The Bertz CT molecular complexity index is 1190. The molecule has 0 radical (unpaired) electrons. The summed E-state index contributed by atoms with van der Waals surface area (Å²) in [6, 6.07) is 4.29. The van der Waals surface area contributed by atoms with E-state index in [1.165, 1.54) is 23.1 Å². The van der Waals surface area contributed by atoms with Gasteiger partial charge in [0.1, 0.15) is 5.82 Å². The van der Waals surface area contributed by atoms with Crippen LogP contribution >= 0.6 is 0 Å². The number of Topliss-reactive ketones (excluding diaryl/α,β-unsaturated/α-hetero) is 1. The highest BCUT2D eigenvalue weighted by Crippen LogP contribution is 2.42. The molecule has 8 heteroatoms. The highest BCUT2D eigenvalue weighted by atomic mass is 19.1. The molecule has 1 aromatic carbocycles. The smallest absolute Gasteiger partial charge is 0.301 e. The number of primary amides is 1. The van der Waals surface area contributed by atoms with Crippen molar-refractivity contribution in [2.45, 2.75) is 83.3 Å². The predicted octanol–water partition coefficient (Wildman–Crippen LogP) is 4.06.